The van der Waals surface area contributed by atoms with E-state index in [2.05, 4.69) is 27.3 Å². The van der Waals surface area contributed by atoms with E-state index in [1.54, 1.807) is 0 Å². The highest BCUT2D eigenvalue weighted by molar-refractivity contribution is 6.09. The third-order valence-corrected chi connectivity index (χ3v) is 4.98. The topological polar surface area (TPSA) is 54.5 Å². The molecule has 0 radical (unpaired) electrons. The van der Waals surface area contributed by atoms with Crippen molar-refractivity contribution in [2.24, 2.45) is 0 Å². The lowest BCUT2D eigenvalue weighted by Gasteiger charge is -2.28. The molecule has 134 valence electrons. The Morgan fingerprint density at radius 3 is 2.58 bits per heavy atom. The summed E-state index contributed by atoms with van der Waals surface area (Å²) in [6, 6.07) is 14.1. The molecule has 1 fully saturated rings. The standard InChI is InChI=1S/C21H23N3O2/c25-21(19-8-4-7-18(19)16-5-2-1-3-6-16)23-20-10-9-17(15-22-20)24-11-13-26-14-12-24/h1-3,5-6,9-10,15H,4,7-8,11-14H2,(H,22,23,25). The Morgan fingerprint density at radius 1 is 1.04 bits per heavy atom. The number of pyridine rings is 1. The van der Waals surface area contributed by atoms with Crippen molar-refractivity contribution >= 4 is 23.0 Å². The number of benzene rings is 1. The highest BCUT2D eigenvalue weighted by Gasteiger charge is 2.22. The number of nitrogens with zero attached hydrogens (tertiary/aromatic N) is 2. The monoisotopic (exact) mass is 349 g/mol. The first-order chi connectivity index (χ1) is 12.8. The SMILES string of the molecule is O=C(Nc1ccc(N2CCOCC2)cn1)C1=C(c2ccccc2)CCC1. The van der Waals surface area contributed by atoms with Crippen LogP contribution in [-0.2, 0) is 9.53 Å². The second-order valence-corrected chi connectivity index (χ2v) is 6.63. The van der Waals surface area contributed by atoms with E-state index in [0.29, 0.717) is 5.82 Å². The molecule has 2 aliphatic rings. The molecular formula is C21H23N3O2. The average Bonchev–Trinajstić information content (AvgIpc) is 3.20. The van der Waals surface area contributed by atoms with Crippen LogP contribution in [0.4, 0.5) is 11.5 Å². The molecule has 1 saturated heterocycles. The molecule has 1 aliphatic heterocycles. The molecule has 0 bridgehead atoms. The number of hydrogen-bond acceptors (Lipinski definition) is 4. The maximum absolute atomic E-state index is 12.7. The van der Waals surface area contributed by atoms with Crippen LogP contribution in [0, 0.1) is 0 Å². The minimum absolute atomic E-state index is 0.0343. The van der Waals surface area contributed by atoms with Crippen LogP contribution in [-0.4, -0.2) is 37.2 Å². The van der Waals surface area contributed by atoms with Crippen molar-refractivity contribution in [1.29, 1.82) is 0 Å². The molecule has 0 saturated carbocycles. The van der Waals surface area contributed by atoms with Crippen LogP contribution < -0.4 is 10.2 Å². The first-order valence-electron chi connectivity index (χ1n) is 9.19. The second kappa shape index (κ2) is 7.70. The highest BCUT2D eigenvalue weighted by atomic mass is 16.5. The first kappa shape index (κ1) is 16.8. The first-order valence-corrected chi connectivity index (χ1v) is 9.19. The fourth-order valence-electron chi connectivity index (χ4n) is 3.61. The van der Waals surface area contributed by atoms with Crippen LogP contribution in [0.25, 0.3) is 5.57 Å². The lowest BCUT2D eigenvalue weighted by molar-refractivity contribution is -0.112. The summed E-state index contributed by atoms with van der Waals surface area (Å²) in [7, 11) is 0. The Balaban J connectivity index is 1.47. The average molecular weight is 349 g/mol. The van der Waals surface area contributed by atoms with Gasteiger partial charge in [0.2, 0.25) is 0 Å². The van der Waals surface area contributed by atoms with Crippen molar-refractivity contribution in [3.05, 3.63) is 59.8 Å². The van der Waals surface area contributed by atoms with E-state index in [9.17, 15) is 4.79 Å². The molecule has 1 aromatic carbocycles. The quantitative estimate of drug-likeness (QED) is 0.918. The Bertz CT molecular complexity index is 794. The summed E-state index contributed by atoms with van der Waals surface area (Å²) in [6.45, 7) is 3.24. The Labute approximate surface area is 153 Å². The largest absolute Gasteiger partial charge is 0.378 e. The molecule has 0 atom stereocenters. The maximum atomic E-state index is 12.7. The van der Waals surface area contributed by atoms with E-state index in [1.807, 2.05) is 36.5 Å². The van der Waals surface area contributed by atoms with Gasteiger partial charge >= 0.3 is 0 Å². The van der Waals surface area contributed by atoms with Gasteiger partial charge in [0, 0.05) is 18.7 Å². The van der Waals surface area contributed by atoms with Gasteiger partial charge in [0.25, 0.3) is 5.91 Å². The zero-order valence-corrected chi connectivity index (χ0v) is 14.8. The van der Waals surface area contributed by atoms with E-state index in [0.717, 1.165) is 68.0 Å². The van der Waals surface area contributed by atoms with Crippen LogP contribution in [0.3, 0.4) is 0 Å². The number of carbonyl (C=O) groups is 1. The molecule has 1 amide bonds. The van der Waals surface area contributed by atoms with Crippen LogP contribution in [0.2, 0.25) is 0 Å². The summed E-state index contributed by atoms with van der Waals surface area (Å²) in [4.78, 5) is 19.4. The molecule has 5 heteroatoms. The number of allylic oxidation sites excluding steroid dienone is 1. The molecule has 1 aromatic heterocycles. The van der Waals surface area contributed by atoms with Gasteiger partial charge in [0.05, 0.1) is 25.1 Å². The summed E-state index contributed by atoms with van der Waals surface area (Å²) in [6.07, 6.45) is 4.62. The third kappa shape index (κ3) is 3.63. The molecule has 1 aliphatic carbocycles. The van der Waals surface area contributed by atoms with Crippen LogP contribution in [0.15, 0.2) is 54.2 Å². The molecule has 0 unspecified atom stereocenters. The number of anilines is 2. The molecular weight excluding hydrogens is 326 g/mol. The summed E-state index contributed by atoms with van der Waals surface area (Å²) in [5.41, 5.74) is 4.26. The van der Waals surface area contributed by atoms with Crippen molar-refractivity contribution < 1.29 is 9.53 Å². The van der Waals surface area contributed by atoms with Gasteiger partial charge in [0.1, 0.15) is 5.82 Å². The fourth-order valence-corrected chi connectivity index (χ4v) is 3.61. The van der Waals surface area contributed by atoms with Crippen molar-refractivity contribution in [3.8, 4) is 0 Å². The Morgan fingerprint density at radius 2 is 1.85 bits per heavy atom. The molecule has 2 aromatic rings. The van der Waals surface area contributed by atoms with Gasteiger partial charge in [0.15, 0.2) is 0 Å². The number of ether oxygens (including phenoxy) is 1. The molecule has 2 heterocycles. The molecule has 1 N–H and O–H groups in total. The minimum atomic E-state index is -0.0343. The van der Waals surface area contributed by atoms with E-state index in [-0.39, 0.29) is 5.91 Å². The van der Waals surface area contributed by atoms with Gasteiger partial charge < -0.3 is 15.0 Å². The van der Waals surface area contributed by atoms with E-state index in [4.69, 9.17) is 4.74 Å². The normalized spacial score (nSPS) is 17.5. The number of morpholine rings is 1. The molecule has 0 spiro atoms. The van der Waals surface area contributed by atoms with Crippen LogP contribution in [0.5, 0.6) is 0 Å². The molecule has 26 heavy (non-hydrogen) atoms. The van der Waals surface area contributed by atoms with E-state index in [1.165, 1.54) is 0 Å². The highest BCUT2D eigenvalue weighted by Crippen LogP contribution is 2.34. The van der Waals surface area contributed by atoms with Gasteiger partial charge in [-0.15, -0.1) is 0 Å². The Kier molecular flexibility index (Phi) is 4.97. The number of aromatic nitrogens is 1. The summed E-state index contributed by atoms with van der Waals surface area (Å²) in [5.74, 6) is 0.562. The van der Waals surface area contributed by atoms with Gasteiger partial charge in [-0.25, -0.2) is 4.98 Å². The summed E-state index contributed by atoms with van der Waals surface area (Å²) >= 11 is 0. The van der Waals surface area contributed by atoms with Gasteiger partial charge in [-0.3, -0.25) is 4.79 Å². The van der Waals surface area contributed by atoms with Crippen molar-refractivity contribution in [2.45, 2.75) is 19.3 Å². The number of hydrogen-bond donors (Lipinski definition) is 1. The predicted molar refractivity (Wildman–Crippen MR) is 103 cm³/mol. The second-order valence-electron chi connectivity index (χ2n) is 6.63. The molecule has 5 nitrogen and oxygen atoms in total. The smallest absolute Gasteiger partial charge is 0.253 e. The molecule has 4 rings (SSSR count). The lowest BCUT2D eigenvalue weighted by atomic mass is 10.0. The van der Waals surface area contributed by atoms with Crippen LogP contribution >= 0.6 is 0 Å². The summed E-state index contributed by atoms with van der Waals surface area (Å²) in [5, 5.41) is 2.96. The number of carbonyl (C=O) groups excluding carboxylic acids is 1. The maximum Gasteiger partial charge on any atom is 0.253 e. The van der Waals surface area contributed by atoms with Gasteiger partial charge in [-0.1, -0.05) is 30.3 Å². The van der Waals surface area contributed by atoms with Gasteiger partial charge in [-0.05, 0) is 42.5 Å². The summed E-state index contributed by atoms with van der Waals surface area (Å²) < 4.78 is 5.38. The van der Waals surface area contributed by atoms with Crippen molar-refractivity contribution in [3.63, 3.8) is 0 Å². The van der Waals surface area contributed by atoms with E-state index >= 15 is 0 Å². The van der Waals surface area contributed by atoms with Crippen molar-refractivity contribution in [2.75, 3.05) is 36.5 Å². The Hall–Kier alpha value is -2.66. The predicted octanol–water partition coefficient (Wildman–Crippen LogP) is 3.49. The lowest BCUT2D eigenvalue weighted by Crippen LogP contribution is -2.36. The zero-order valence-electron chi connectivity index (χ0n) is 14.8. The fraction of sp³-hybridized carbons (Fsp3) is 0.333. The van der Waals surface area contributed by atoms with Gasteiger partial charge in [-0.2, -0.15) is 0 Å². The van der Waals surface area contributed by atoms with Crippen molar-refractivity contribution in [1.82, 2.24) is 4.98 Å². The van der Waals surface area contributed by atoms with Crippen LogP contribution in [0.1, 0.15) is 24.8 Å². The number of amides is 1. The number of nitrogens with one attached hydrogen (secondary N) is 1. The van der Waals surface area contributed by atoms with E-state index < -0.39 is 0 Å². The minimum Gasteiger partial charge on any atom is -0.378 e. The third-order valence-electron chi connectivity index (χ3n) is 4.98. The number of rotatable bonds is 4. The zero-order chi connectivity index (χ0) is 17.8.